The van der Waals surface area contributed by atoms with Gasteiger partial charge in [-0.3, -0.25) is 0 Å². The monoisotopic (exact) mass is 215 g/mol. The molecule has 2 amide bonds. The molecule has 0 unspecified atom stereocenters. The average Bonchev–Trinajstić information content (AvgIpc) is 2.14. The molecule has 0 aromatic heterocycles. The number of rotatable bonds is 1. The first-order chi connectivity index (χ1) is 7.75. The van der Waals surface area contributed by atoms with Gasteiger partial charge in [-0.05, 0) is 12.2 Å². The fourth-order valence-electron chi connectivity index (χ4n) is 1.42. The molecule has 1 aliphatic heterocycles. The summed E-state index contributed by atoms with van der Waals surface area (Å²) in [5.74, 6) is -0.123. The minimum atomic E-state index is -0.283. The van der Waals surface area contributed by atoms with E-state index in [9.17, 15) is 9.59 Å². The summed E-state index contributed by atoms with van der Waals surface area (Å²) < 4.78 is 0. The van der Waals surface area contributed by atoms with Crippen LogP contribution in [0.3, 0.4) is 0 Å². The SMILES string of the molecule is O=C1CC(=O)[NH+]=C(C2=CC=CC=CC=C2)N1. The highest BCUT2D eigenvalue weighted by Crippen LogP contribution is 2.01. The molecule has 80 valence electrons. The lowest BCUT2D eigenvalue weighted by Gasteiger charge is -2.06. The van der Waals surface area contributed by atoms with Crippen LogP contribution in [0.2, 0.25) is 0 Å². The third-order valence-corrected chi connectivity index (χ3v) is 2.13. The molecule has 2 aliphatic rings. The van der Waals surface area contributed by atoms with Crippen LogP contribution in [0.25, 0.3) is 0 Å². The van der Waals surface area contributed by atoms with Crippen LogP contribution < -0.4 is 10.3 Å². The van der Waals surface area contributed by atoms with Gasteiger partial charge in [-0.1, -0.05) is 30.4 Å². The van der Waals surface area contributed by atoms with Gasteiger partial charge in [0, 0.05) is 0 Å². The van der Waals surface area contributed by atoms with E-state index >= 15 is 0 Å². The number of carbonyl (C=O) groups excluding carboxylic acids is 2. The van der Waals surface area contributed by atoms with Gasteiger partial charge in [0.15, 0.2) is 6.42 Å². The highest BCUT2D eigenvalue weighted by molar-refractivity contribution is 6.13. The van der Waals surface area contributed by atoms with E-state index in [4.69, 9.17) is 0 Å². The van der Waals surface area contributed by atoms with Crippen LogP contribution in [-0.2, 0) is 9.59 Å². The van der Waals surface area contributed by atoms with Crippen molar-refractivity contribution in [3.63, 3.8) is 0 Å². The number of amides is 2. The van der Waals surface area contributed by atoms with Crippen LogP contribution >= 0.6 is 0 Å². The molecule has 4 nitrogen and oxygen atoms in total. The van der Waals surface area contributed by atoms with Crippen LogP contribution in [-0.4, -0.2) is 17.6 Å². The summed E-state index contributed by atoms with van der Waals surface area (Å²) in [7, 11) is 0. The first-order valence-electron chi connectivity index (χ1n) is 4.94. The highest BCUT2D eigenvalue weighted by atomic mass is 16.2. The molecule has 4 heteroatoms. The molecule has 1 aliphatic carbocycles. The van der Waals surface area contributed by atoms with Gasteiger partial charge in [-0.2, -0.15) is 0 Å². The second-order valence-electron chi connectivity index (χ2n) is 3.40. The number of allylic oxidation sites excluding steroid dienone is 6. The summed E-state index contributed by atoms with van der Waals surface area (Å²) >= 11 is 0. The summed E-state index contributed by atoms with van der Waals surface area (Å²) in [5.41, 5.74) is 0.766. The summed E-state index contributed by atoms with van der Waals surface area (Å²) in [6.45, 7) is 0. The molecule has 0 fully saturated rings. The predicted molar refractivity (Wildman–Crippen MR) is 59.2 cm³/mol. The molecule has 0 saturated carbocycles. The molecule has 0 spiro atoms. The Balaban J connectivity index is 2.30. The summed E-state index contributed by atoms with van der Waals surface area (Å²) in [5, 5.41) is 2.63. The lowest BCUT2D eigenvalue weighted by Crippen LogP contribution is -2.83. The first-order valence-corrected chi connectivity index (χ1v) is 4.94. The Morgan fingerprint density at radius 2 is 1.81 bits per heavy atom. The molecule has 0 radical (unpaired) electrons. The van der Waals surface area contributed by atoms with Crippen molar-refractivity contribution >= 4 is 17.6 Å². The van der Waals surface area contributed by atoms with Crippen molar-refractivity contribution in [2.75, 3.05) is 0 Å². The molecule has 16 heavy (non-hydrogen) atoms. The van der Waals surface area contributed by atoms with Gasteiger partial charge < -0.3 is 0 Å². The van der Waals surface area contributed by atoms with Crippen molar-refractivity contribution in [3.8, 4) is 0 Å². The first kappa shape index (κ1) is 10.3. The quantitative estimate of drug-likeness (QED) is 0.558. The molecular weight excluding hydrogens is 204 g/mol. The Morgan fingerprint density at radius 1 is 1.06 bits per heavy atom. The number of nitrogens with one attached hydrogen (secondary N) is 2. The van der Waals surface area contributed by atoms with Crippen LogP contribution in [0.1, 0.15) is 6.42 Å². The Bertz CT molecular complexity index is 479. The average molecular weight is 215 g/mol. The van der Waals surface area contributed by atoms with Gasteiger partial charge in [-0.25, -0.2) is 19.9 Å². The third-order valence-electron chi connectivity index (χ3n) is 2.13. The second kappa shape index (κ2) is 4.53. The van der Waals surface area contributed by atoms with Gasteiger partial charge in [0.1, 0.15) is 0 Å². The lowest BCUT2D eigenvalue weighted by atomic mass is 10.1. The molecular formula is C12H11N2O2+. The van der Waals surface area contributed by atoms with Gasteiger partial charge in [0.05, 0.1) is 5.57 Å². The molecule has 0 bridgehead atoms. The topological polar surface area (TPSA) is 60.1 Å². The molecule has 0 atom stereocenters. The molecule has 2 N–H and O–H groups in total. The Hall–Kier alpha value is -2.23. The number of hydrogen-bond donors (Lipinski definition) is 2. The third kappa shape index (κ3) is 2.42. The van der Waals surface area contributed by atoms with E-state index < -0.39 is 0 Å². The maximum atomic E-state index is 11.2. The van der Waals surface area contributed by atoms with Crippen molar-refractivity contribution in [1.82, 2.24) is 5.32 Å². The Kier molecular flexibility index (Phi) is 2.91. The van der Waals surface area contributed by atoms with E-state index in [1.54, 1.807) is 0 Å². The van der Waals surface area contributed by atoms with Crippen LogP contribution in [0.4, 0.5) is 0 Å². The highest BCUT2D eigenvalue weighted by Gasteiger charge is 2.26. The maximum Gasteiger partial charge on any atom is 0.319 e. The molecule has 0 saturated heterocycles. The zero-order valence-electron chi connectivity index (χ0n) is 8.57. The van der Waals surface area contributed by atoms with Gasteiger partial charge in [-0.15, -0.1) is 0 Å². The van der Waals surface area contributed by atoms with Gasteiger partial charge in [0.2, 0.25) is 0 Å². The standard InChI is InChI=1S/C12H10N2O2/c15-10-8-11(16)14-12(13-10)9-6-4-2-1-3-5-7-9/h1-7H,8H2,(H,13,14,15,16)/p+1. The minimum absolute atomic E-state index is 0.115. The van der Waals surface area contributed by atoms with E-state index in [1.165, 1.54) is 0 Å². The van der Waals surface area contributed by atoms with Gasteiger partial charge >= 0.3 is 11.8 Å². The van der Waals surface area contributed by atoms with E-state index in [-0.39, 0.29) is 18.2 Å². The van der Waals surface area contributed by atoms with E-state index in [0.29, 0.717) is 5.84 Å². The van der Waals surface area contributed by atoms with E-state index in [1.807, 2.05) is 42.5 Å². The van der Waals surface area contributed by atoms with Crippen LogP contribution in [0, 0.1) is 0 Å². The van der Waals surface area contributed by atoms with Crippen molar-refractivity contribution in [2.24, 2.45) is 0 Å². The minimum Gasteiger partial charge on any atom is -0.246 e. The Morgan fingerprint density at radius 3 is 2.62 bits per heavy atom. The number of amidine groups is 1. The largest absolute Gasteiger partial charge is 0.319 e. The molecule has 2 rings (SSSR count). The van der Waals surface area contributed by atoms with Gasteiger partial charge in [0.25, 0.3) is 5.84 Å². The summed E-state index contributed by atoms with van der Waals surface area (Å²) in [6.07, 6.45) is 12.8. The van der Waals surface area contributed by atoms with Crippen molar-refractivity contribution in [3.05, 3.63) is 48.1 Å². The lowest BCUT2D eigenvalue weighted by molar-refractivity contribution is -0.380. The fraction of sp³-hybridized carbons (Fsp3) is 0.0833. The summed E-state index contributed by atoms with van der Waals surface area (Å²) in [4.78, 5) is 25.0. The molecule has 0 aromatic carbocycles. The maximum absolute atomic E-state index is 11.2. The predicted octanol–water partition coefficient (Wildman–Crippen LogP) is -0.879. The fourth-order valence-corrected chi connectivity index (χ4v) is 1.42. The Labute approximate surface area is 92.8 Å². The second-order valence-corrected chi connectivity index (χ2v) is 3.40. The van der Waals surface area contributed by atoms with Crippen molar-refractivity contribution < 1.29 is 14.6 Å². The number of hydrogen-bond acceptors (Lipinski definition) is 2. The van der Waals surface area contributed by atoms with E-state index in [0.717, 1.165) is 5.57 Å². The zero-order chi connectivity index (χ0) is 11.4. The van der Waals surface area contributed by atoms with Crippen LogP contribution in [0.15, 0.2) is 48.1 Å². The molecule has 0 aromatic rings. The van der Waals surface area contributed by atoms with Crippen LogP contribution in [0.5, 0.6) is 0 Å². The number of carbonyl (C=O) groups is 2. The normalized spacial score (nSPS) is 19.8. The van der Waals surface area contributed by atoms with Crippen molar-refractivity contribution in [1.29, 1.82) is 0 Å². The van der Waals surface area contributed by atoms with E-state index in [2.05, 4.69) is 10.3 Å². The van der Waals surface area contributed by atoms with Crippen molar-refractivity contribution in [2.45, 2.75) is 6.42 Å². The smallest absolute Gasteiger partial charge is 0.246 e. The zero-order valence-corrected chi connectivity index (χ0v) is 8.57. The molecule has 1 heterocycles. The summed E-state index contributed by atoms with van der Waals surface area (Å²) in [6, 6.07) is 0.